The number of carbonyl (C=O) groups excluding carboxylic acids is 2. The highest BCUT2D eigenvalue weighted by Gasteiger charge is 2.24. The quantitative estimate of drug-likeness (QED) is 0.648. The molecular formula is C19H28N4O3. The summed E-state index contributed by atoms with van der Waals surface area (Å²) in [7, 11) is 0. The van der Waals surface area contributed by atoms with Gasteiger partial charge in [0.05, 0.1) is 6.10 Å². The molecule has 1 aromatic carbocycles. The first kappa shape index (κ1) is 18.7. The zero-order valence-corrected chi connectivity index (χ0v) is 15.2. The van der Waals surface area contributed by atoms with Crippen molar-refractivity contribution in [3.05, 3.63) is 24.3 Å². The molecule has 3 atom stereocenters. The molecule has 4 N–H and O–H groups in total. The van der Waals surface area contributed by atoms with Crippen LogP contribution >= 0.6 is 0 Å². The number of ether oxygens (including phenoxy) is 1. The van der Waals surface area contributed by atoms with Crippen molar-refractivity contribution in [3.8, 4) is 0 Å². The molecule has 142 valence electrons. The first-order valence-electron chi connectivity index (χ1n) is 9.41. The molecule has 2 aliphatic rings. The van der Waals surface area contributed by atoms with Crippen LogP contribution in [0.1, 0.15) is 32.6 Å². The van der Waals surface area contributed by atoms with Crippen LogP contribution in [0.4, 0.5) is 16.2 Å². The number of hydrogen-bond acceptors (Lipinski definition) is 4. The van der Waals surface area contributed by atoms with E-state index in [9.17, 15) is 9.59 Å². The fourth-order valence-corrected chi connectivity index (χ4v) is 3.44. The van der Waals surface area contributed by atoms with Crippen molar-refractivity contribution < 1.29 is 14.3 Å². The molecule has 0 bridgehead atoms. The predicted octanol–water partition coefficient (Wildman–Crippen LogP) is 2.31. The Morgan fingerprint density at radius 1 is 1.15 bits per heavy atom. The van der Waals surface area contributed by atoms with Crippen LogP contribution in [0.15, 0.2) is 24.3 Å². The summed E-state index contributed by atoms with van der Waals surface area (Å²) in [5.74, 6) is 0.112. The molecule has 0 saturated carbocycles. The first-order chi connectivity index (χ1) is 12.6. The van der Waals surface area contributed by atoms with Crippen molar-refractivity contribution >= 4 is 23.3 Å². The average molecular weight is 360 g/mol. The number of benzene rings is 1. The molecule has 1 unspecified atom stereocenters. The highest BCUT2D eigenvalue weighted by Crippen LogP contribution is 2.20. The molecule has 1 aromatic rings. The van der Waals surface area contributed by atoms with Gasteiger partial charge < -0.3 is 26.0 Å². The van der Waals surface area contributed by atoms with Gasteiger partial charge in [0.15, 0.2) is 0 Å². The van der Waals surface area contributed by atoms with Gasteiger partial charge in [0, 0.05) is 36.5 Å². The minimum absolute atomic E-state index is 0.0487. The summed E-state index contributed by atoms with van der Waals surface area (Å²) < 4.78 is 5.48. The van der Waals surface area contributed by atoms with Gasteiger partial charge in [0.25, 0.3) is 0 Å². The highest BCUT2D eigenvalue weighted by molar-refractivity contribution is 5.93. The molecule has 3 rings (SSSR count). The molecule has 0 aromatic heterocycles. The molecule has 2 saturated heterocycles. The van der Waals surface area contributed by atoms with Gasteiger partial charge in [0.2, 0.25) is 5.91 Å². The van der Waals surface area contributed by atoms with Crippen LogP contribution in [-0.4, -0.2) is 43.8 Å². The Morgan fingerprint density at radius 3 is 2.54 bits per heavy atom. The van der Waals surface area contributed by atoms with Gasteiger partial charge in [-0.3, -0.25) is 4.79 Å². The Balaban J connectivity index is 1.43. The molecule has 3 amide bonds. The van der Waals surface area contributed by atoms with E-state index in [0.29, 0.717) is 18.3 Å². The lowest BCUT2D eigenvalue weighted by Crippen LogP contribution is -2.40. The number of amides is 3. The third-order valence-corrected chi connectivity index (χ3v) is 4.92. The Labute approximate surface area is 154 Å². The van der Waals surface area contributed by atoms with E-state index in [-0.39, 0.29) is 24.0 Å². The number of carbonyl (C=O) groups is 2. The van der Waals surface area contributed by atoms with E-state index in [1.54, 1.807) is 24.3 Å². The van der Waals surface area contributed by atoms with Crippen molar-refractivity contribution in [1.29, 1.82) is 0 Å². The number of nitrogens with one attached hydrogen (secondary N) is 4. The van der Waals surface area contributed by atoms with Crippen LogP contribution in [0.5, 0.6) is 0 Å². The Kier molecular flexibility index (Phi) is 6.46. The molecule has 0 radical (unpaired) electrons. The second-order valence-corrected chi connectivity index (χ2v) is 7.11. The topological polar surface area (TPSA) is 91.5 Å². The summed E-state index contributed by atoms with van der Waals surface area (Å²) in [5, 5.41) is 11.9. The van der Waals surface area contributed by atoms with Crippen molar-refractivity contribution in [2.75, 3.05) is 30.3 Å². The largest absolute Gasteiger partial charge is 0.376 e. The third-order valence-electron chi connectivity index (χ3n) is 4.92. The van der Waals surface area contributed by atoms with Crippen LogP contribution < -0.4 is 21.3 Å². The molecular weight excluding hydrogens is 332 g/mol. The number of rotatable bonds is 5. The van der Waals surface area contributed by atoms with E-state index in [2.05, 4.69) is 28.2 Å². The van der Waals surface area contributed by atoms with Gasteiger partial charge in [-0.1, -0.05) is 0 Å². The second-order valence-electron chi connectivity index (χ2n) is 7.11. The van der Waals surface area contributed by atoms with E-state index in [1.807, 2.05) is 0 Å². The number of piperidine rings is 1. The van der Waals surface area contributed by atoms with Gasteiger partial charge in [-0.2, -0.15) is 0 Å². The van der Waals surface area contributed by atoms with Gasteiger partial charge in [-0.15, -0.1) is 0 Å². The van der Waals surface area contributed by atoms with E-state index in [0.717, 1.165) is 44.5 Å². The van der Waals surface area contributed by atoms with E-state index in [1.165, 1.54) is 0 Å². The first-order valence-corrected chi connectivity index (χ1v) is 9.41. The summed E-state index contributed by atoms with van der Waals surface area (Å²) in [6.07, 6.45) is 3.88. The average Bonchev–Trinajstić information content (AvgIpc) is 3.15. The molecule has 2 fully saturated rings. The second kappa shape index (κ2) is 9.00. The normalized spacial score (nSPS) is 25.5. The standard InChI is InChI=1S/C19H28N4O3/c1-13-11-14(8-9-20-13)18(24)22-15-4-6-16(7-5-15)23-19(25)21-12-17-3-2-10-26-17/h4-7,13-14,17,20H,2-3,8-12H2,1H3,(H,22,24)(H2,21,23,25)/t13-,14-,17?/m0/s1. The number of urea groups is 1. The summed E-state index contributed by atoms with van der Waals surface area (Å²) in [6.45, 7) is 4.28. The Hall–Kier alpha value is -2.12. The maximum absolute atomic E-state index is 12.4. The van der Waals surface area contributed by atoms with Crippen LogP contribution in [0.25, 0.3) is 0 Å². The van der Waals surface area contributed by atoms with Gasteiger partial charge in [-0.05, 0) is 63.4 Å². The number of anilines is 2. The third kappa shape index (κ3) is 5.44. The highest BCUT2D eigenvalue weighted by atomic mass is 16.5. The van der Waals surface area contributed by atoms with E-state index in [4.69, 9.17) is 4.74 Å². The Morgan fingerprint density at radius 2 is 1.88 bits per heavy atom. The fourth-order valence-electron chi connectivity index (χ4n) is 3.44. The van der Waals surface area contributed by atoms with Crippen molar-refractivity contribution in [2.24, 2.45) is 5.92 Å². The summed E-state index contributed by atoms with van der Waals surface area (Å²) in [5.41, 5.74) is 1.43. The minimum Gasteiger partial charge on any atom is -0.376 e. The van der Waals surface area contributed by atoms with Gasteiger partial charge in [0.1, 0.15) is 0 Å². The Bertz CT molecular complexity index is 614. The zero-order valence-electron chi connectivity index (χ0n) is 15.2. The molecule has 7 nitrogen and oxygen atoms in total. The lowest BCUT2D eigenvalue weighted by Gasteiger charge is -2.27. The number of hydrogen-bond donors (Lipinski definition) is 4. The van der Waals surface area contributed by atoms with Crippen molar-refractivity contribution in [2.45, 2.75) is 44.8 Å². The summed E-state index contributed by atoms with van der Waals surface area (Å²) in [4.78, 5) is 24.3. The van der Waals surface area contributed by atoms with Crippen LogP contribution in [-0.2, 0) is 9.53 Å². The fraction of sp³-hybridized carbons (Fsp3) is 0.579. The molecule has 26 heavy (non-hydrogen) atoms. The lowest BCUT2D eigenvalue weighted by atomic mass is 9.92. The van der Waals surface area contributed by atoms with Crippen LogP contribution in [0.2, 0.25) is 0 Å². The van der Waals surface area contributed by atoms with Gasteiger partial charge >= 0.3 is 6.03 Å². The van der Waals surface area contributed by atoms with Gasteiger partial charge in [-0.25, -0.2) is 4.79 Å². The molecule has 0 aliphatic carbocycles. The van der Waals surface area contributed by atoms with Crippen molar-refractivity contribution in [1.82, 2.24) is 10.6 Å². The maximum atomic E-state index is 12.4. The molecule has 7 heteroatoms. The zero-order chi connectivity index (χ0) is 18.4. The lowest BCUT2D eigenvalue weighted by molar-refractivity contribution is -0.120. The maximum Gasteiger partial charge on any atom is 0.319 e. The molecule has 2 aliphatic heterocycles. The van der Waals surface area contributed by atoms with E-state index < -0.39 is 0 Å². The summed E-state index contributed by atoms with van der Waals surface area (Å²) in [6, 6.07) is 7.30. The monoisotopic (exact) mass is 360 g/mol. The van der Waals surface area contributed by atoms with Crippen LogP contribution in [0.3, 0.4) is 0 Å². The smallest absolute Gasteiger partial charge is 0.319 e. The summed E-state index contributed by atoms with van der Waals surface area (Å²) >= 11 is 0. The molecule has 0 spiro atoms. The minimum atomic E-state index is -0.249. The van der Waals surface area contributed by atoms with Crippen molar-refractivity contribution in [3.63, 3.8) is 0 Å². The SMILES string of the molecule is C[C@H]1C[C@@H](C(=O)Nc2ccc(NC(=O)NCC3CCCO3)cc2)CCN1. The molecule has 2 heterocycles. The van der Waals surface area contributed by atoms with Crippen LogP contribution in [0, 0.1) is 5.92 Å². The van der Waals surface area contributed by atoms with E-state index >= 15 is 0 Å². The predicted molar refractivity (Wildman–Crippen MR) is 101 cm³/mol.